The molecule has 0 unspecified atom stereocenters. The molecule has 140 valence electrons. The van der Waals surface area contributed by atoms with Gasteiger partial charge in [-0.3, -0.25) is 14.5 Å². The maximum atomic E-state index is 13.2. The number of carbonyl (C=O) groups excluding carboxylic acids is 2. The van der Waals surface area contributed by atoms with Crippen LogP contribution >= 0.6 is 0 Å². The maximum Gasteiger partial charge on any atom is 0.573 e. The van der Waals surface area contributed by atoms with E-state index in [0.29, 0.717) is 12.8 Å². The number of nitrogens with zero attached hydrogens (tertiary/aromatic N) is 1. The normalized spacial score (nSPS) is 16.0. The topological polar surface area (TPSA) is 72.6 Å². The predicted molar refractivity (Wildman–Crippen MR) is 84.6 cm³/mol. The number of ether oxygens (including phenoxy) is 1. The number of rotatable bonds is 5. The molecule has 0 saturated heterocycles. The Morgan fingerprint density at radius 3 is 2.38 bits per heavy atom. The van der Waals surface area contributed by atoms with Gasteiger partial charge in [0.25, 0.3) is 0 Å². The van der Waals surface area contributed by atoms with E-state index in [4.69, 9.17) is 12.2 Å². The van der Waals surface area contributed by atoms with E-state index in [-0.39, 0.29) is 18.5 Å². The SMILES string of the molecule is C#CC(=O)N(c1ccc(OC(F)(F)F)c(CF)c1)C1(C(N)=O)CCCC1. The van der Waals surface area contributed by atoms with Gasteiger partial charge in [-0.05, 0) is 37.0 Å². The van der Waals surface area contributed by atoms with E-state index in [0.717, 1.165) is 23.1 Å². The van der Waals surface area contributed by atoms with Crippen LogP contribution in [0.1, 0.15) is 31.2 Å². The summed E-state index contributed by atoms with van der Waals surface area (Å²) in [7, 11) is 0. The van der Waals surface area contributed by atoms with Crippen molar-refractivity contribution in [3.05, 3.63) is 23.8 Å². The molecule has 26 heavy (non-hydrogen) atoms. The fraction of sp³-hybridized carbons (Fsp3) is 0.412. The molecule has 0 aromatic heterocycles. The number of anilines is 1. The second-order valence-electron chi connectivity index (χ2n) is 5.86. The van der Waals surface area contributed by atoms with Gasteiger partial charge in [-0.2, -0.15) is 0 Å². The van der Waals surface area contributed by atoms with Gasteiger partial charge in [0.15, 0.2) is 0 Å². The largest absolute Gasteiger partial charge is 0.573 e. The number of primary amides is 1. The molecule has 0 atom stereocenters. The van der Waals surface area contributed by atoms with Crippen LogP contribution in [0.5, 0.6) is 5.75 Å². The number of carbonyl (C=O) groups is 2. The molecule has 0 heterocycles. The van der Waals surface area contributed by atoms with Crippen LogP contribution in [-0.2, 0) is 16.3 Å². The molecule has 0 bridgehead atoms. The van der Waals surface area contributed by atoms with Crippen molar-refractivity contribution in [3.8, 4) is 18.1 Å². The second-order valence-corrected chi connectivity index (χ2v) is 5.86. The molecule has 0 radical (unpaired) electrons. The number of nitrogens with two attached hydrogens (primary N) is 1. The number of hydrogen-bond acceptors (Lipinski definition) is 3. The number of alkyl halides is 4. The van der Waals surface area contributed by atoms with Crippen LogP contribution in [0.2, 0.25) is 0 Å². The smallest absolute Gasteiger partial charge is 0.405 e. The minimum Gasteiger partial charge on any atom is -0.405 e. The van der Waals surface area contributed by atoms with Crippen LogP contribution in [-0.4, -0.2) is 23.7 Å². The number of benzene rings is 1. The second kappa shape index (κ2) is 7.23. The molecule has 1 saturated carbocycles. The molecule has 5 nitrogen and oxygen atoms in total. The highest BCUT2D eigenvalue weighted by Gasteiger charge is 2.48. The van der Waals surface area contributed by atoms with E-state index in [1.54, 1.807) is 0 Å². The lowest BCUT2D eigenvalue weighted by atomic mass is 9.92. The van der Waals surface area contributed by atoms with E-state index >= 15 is 0 Å². The highest BCUT2D eigenvalue weighted by Crippen LogP contribution is 2.40. The van der Waals surface area contributed by atoms with Gasteiger partial charge in [-0.25, -0.2) is 4.39 Å². The number of hydrogen-bond donors (Lipinski definition) is 1. The third-order valence-electron chi connectivity index (χ3n) is 4.32. The summed E-state index contributed by atoms with van der Waals surface area (Å²) in [5.74, 6) is -0.525. The van der Waals surface area contributed by atoms with Crippen molar-refractivity contribution in [2.75, 3.05) is 4.90 Å². The van der Waals surface area contributed by atoms with Crippen molar-refractivity contribution in [1.82, 2.24) is 0 Å². The van der Waals surface area contributed by atoms with Crippen molar-refractivity contribution in [1.29, 1.82) is 0 Å². The van der Waals surface area contributed by atoms with Gasteiger partial charge >= 0.3 is 12.3 Å². The zero-order chi connectivity index (χ0) is 19.5. The van der Waals surface area contributed by atoms with Gasteiger partial charge in [0.2, 0.25) is 5.91 Å². The first-order valence-electron chi connectivity index (χ1n) is 7.70. The van der Waals surface area contributed by atoms with Gasteiger partial charge in [-0.1, -0.05) is 12.8 Å². The van der Waals surface area contributed by atoms with E-state index in [1.165, 1.54) is 0 Å². The molecule has 2 rings (SSSR count). The summed E-state index contributed by atoms with van der Waals surface area (Å²) in [5.41, 5.74) is 3.64. The lowest BCUT2D eigenvalue weighted by Crippen LogP contribution is -2.58. The van der Waals surface area contributed by atoms with Crippen LogP contribution in [0, 0.1) is 12.3 Å². The minimum absolute atomic E-state index is 0.0178. The van der Waals surface area contributed by atoms with Crippen molar-refractivity contribution in [3.63, 3.8) is 0 Å². The average molecular weight is 372 g/mol. The highest BCUT2D eigenvalue weighted by molar-refractivity contribution is 6.11. The lowest BCUT2D eigenvalue weighted by Gasteiger charge is -2.37. The third-order valence-corrected chi connectivity index (χ3v) is 4.32. The Bertz CT molecular complexity index is 749. The summed E-state index contributed by atoms with van der Waals surface area (Å²) >= 11 is 0. The van der Waals surface area contributed by atoms with E-state index < -0.39 is 41.7 Å². The van der Waals surface area contributed by atoms with Gasteiger partial charge in [0, 0.05) is 11.3 Å². The Kier molecular flexibility index (Phi) is 5.44. The maximum absolute atomic E-state index is 13.2. The quantitative estimate of drug-likeness (QED) is 0.638. The molecule has 0 aliphatic heterocycles. The summed E-state index contributed by atoms with van der Waals surface area (Å²) in [6, 6.07) is 2.98. The summed E-state index contributed by atoms with van der Waals surface area (Å²) in [4.78, 5) is 25.4. The Morgan fingerprint density at radius 1 is 1.31 bits per heavy atom. The van der Waals surface area contributed by atoms with Gasteiger partial charge in [0.05, 0.1) is 0 Å². The monoisotopic (exact) mass is 372 g/mol. The summed E-state index contributed by atoms with van der Waals surface area (Å²) < 4.78 is 54.2. The van der Waals surface area contributed by atoms with Gasteiger partial charge in [0.1, 0.15) is 18.0 Å². The Balaban J connectivity index is 2.55. The van der Waals surface area contributed by atoms with Crippen LogP contribution in [0.3, 0.4) is 0 Å². The van der Waals surface area contributed by atoms with Crippen molar-refractivity contribution in [2.24, 2.45) is 5.73 Å². The van der Waals surface area contributed by atoms with Crippen molar-refractivity contribution < 1.29 is 31.9 Å². The first-order valence-corrected chi connectivity index (χ1v) is 7.70. The van der Waals surface area contributed by atoms with Crippen molar-refractivity contribution in [2.45, 2.75) is 44.3 Å². The molecule has 1 aliphatic rings. The first-order chi connectivity index (χ1) is 12.1. The molecule has 1 fully saturated rings. The zero-order valence-corrected chi connectivity index (χ0v) is 13.6. The standard InChI is InChI=1S/C17H16F4N2O3/c1-2-14(24)23(16(15(22)25)7-3-4-8-16)12-5-6-13(11(9-12)10-18)26-17(19,20)21/h1,5-6,9H,3-4,7-8,10H2,(H2,22,25). The van der Waals surface area contributed by atoms with Crippen LogP contribution in [0.25, 0.3) is 0 Å². The Hall–Kier alpha value is -2.76. The molecule has 2 amide bonds. The Labute approximate surface area is 147 Å². The van der Waals surface area contributed by atoms with E-state index in [9.17, 15) is 27.2 Å². The Morgan fingerprint density at radius 2 is 1.92 bits per heavy atom. The molecule has 1 aromatic carbocycles. The van der Waals surface area contributed by atoms with Crippen LogP contribution in [0.4, 0.5) is 23.2 Å². The number of amides is 2. The summed E-state index contributed by atoms with van der Waals surface area (Å²) in [6.07, 6.45) is 1.91. The average Bonchev–Trinajstić information content (AvgIpc) is 3.05. The van der Waals surface area contributed by atoms with E-state index in [2.05, 4.69) is 4.74 Å². The number of halogens is 4. The molecule has 9 heteroatoms. The van der Waals surface area contributed by atoms with Crippen LogP contribution < -0.4 is 15.4 Å². The minimum atomic E-state index is -5.00. The first kappa shape index (κ1) is 19.6. The molecule has 2 N–H and O–H groups in total. The van der Waals surface area contributed by atoms with Gasteiger partial charge < -0.3 is 10.5 Å². The molecule has 0 spiro atoms. The fourth-order valence-corrected chi connectivity index (χ4v) is 3.20. The number of terminal acetylenes is 1. The predicted octanol–water partition coefficient (Wildman–Crippen LogP) is 2.82. The molecule has 1 aliphatic carbocycles. The molecular weight excluding hydrogens is 356 g/mol. The summed E-state index contributed by atoms with van der Waals surface area (Å²) in [5, 5.41) is 0. The molecule has 1 aromatic rings. The van der Waals surface area contributed by atoms with Crippen LogP contribution in [0.15, 0.2) is 18.2 Å². The van der Waals surface area contributed by atoms with Crippen molar-refractivity contribution >= 4 is 17.5 Å². The third kappa shape index (κ3) is 3.74. The van der Waals surface area contributed by atoms with E-state index in [1.807, 2.05) is 5.92 Å². The molecular formula is C17H16F4N2O3. The zero-order valence-electron chi connectivity index (χ0n) is 13.6. The fourth-order valence-electron chi connectivity index (χ4n) is 3.20. The summed E-state index contributed by atoms with van der Waals surface area (Å²) in [6.45, 7) is -1.28. The lowest BCUT2D eigenvalue weighted by molar-refractivity contribution is -0.275. The highest BCUT2D eigenvalue weighted by atomic mass is 19.4. The van der Waals surface area contributed by atoms with Gasteiger partial charge in [-0.15, -0.1) is 19.6 Å².